The first-order valence-electron chi connectivity index (χ1n) is 5.57. The van der Waals surface area contributed by atoms with Gasteiger partial charge in [-0.1, -0.05) is 42.5 Å². The minimum absolute atomic E-state index is 0.0280. The largest absolute Gasteiger partial charge is 0.292 e. The Bertz CT molecular complexity index is 596. The third-order valence-corrected chi connectivity index (χ3v) is 3.14. The summed E-state index contributed by atoms with van der Waals surface area (Å²) in [5.41, 5.74) is 1.03. The first kappa shape index (κ1) is 13.2. The number of ketones is 1. The van der Waals surface area contributed by atoms with Crippen LogP contribution in [0.25, 0.3) is 0 Å². The Morgan fingerprint density at radius 3 is 2.16 bits per heavy atom. The van der Waals surface area contributed by atoms with Crippen molar-refractivity contribution in [3.8, 4) is 0 Å². The molecule has 2 aromatic rings. The van der Waals surface area contributed by atoms with Crippen molar-refractivity contribution >= 4 is 23.1 Å². The van der Waals surface area contributed by atoms with Gasteiger partial charge in [-0.05, 0) is 5.56 Å². The van der Waals surface area contributed by atoms with Crippen LogP contribution in [0.15, 0.2) is 54.6 Å². The third kappa shape index (κ3) is 2.98. The summed E-state index contributed by atoms with van der Waals surface area (Å²) < 4.78 is 0. The number of nitro groups is 1. The van der Waals surface area contributed by atoms with Crippen molar-refractivity contribution in [3.63, 3.8) is 0 Å². The van der Waals surface area contributed by atoms with Crippen LogP contribution in [0, 0.1) is 10.1 Å². The molecule has 0 aromatic heterocycles. The molecule has 1 atom stereocenters. The van der Waals surface area contributed by atoms with Gasteiger partial charge in [0, 0.05) is 17.7 Å². The lowest BCUT2D eigenvalue weighted by molar-refractivity contribution is -0.384. The van der Waals surface area contributed by atoms with Crippen molar-refractivity contribution < 1.29 is 9.72 Å². The minimum Gasteiger partial charge on any atom is -0.292 e. The van der Waals surface area contributed by atoms with E-state index in [0.29, 0.717) is 11.1 Å². The fourth-order valence-electron chi connectivity index (χ4n) is 1.67. The van der Waals surface area contributed by atoms with Crippen LogP contribution in [0.2, 0.25) is 0 Å². The predicted octanol–water partition coefficient (Wildman–Crippen LogP) is 3.76. The second-order valence-corrected chi connectivity index (χ2v) is 4.38. The highest BCUT2D eigenvalue weighted by atomic mass is 35.5. The van der Waals surface area contributed by atoms with Crippen LogP contribution in [-0.4, -0.2) is 10.7 Å². The van der Waals surface area contributed by atoms with E-state index in [9.17, 15) is 14.9 Å². The van der Waals surface area contributed by atoms with Crippen molar-refractivity contribution in [2.45, 2.75) is 5.38 Å². The van der Waals surface area contributed by atoms with Crippen LogP contribution in [0.4, 0.5) is 5.69 Å². The van der Waals surface area contributed by atoms with E-state index in [0.717, 1.165) is 0 Å². The maximum atomic E-state index is 12.1. The number of non-ortho nitro benzene ring substituents is 1. The van der Waals surface area contributed by atoms with E-state index in [1.54, 1.807) is 24.3 Å². The molecule has 0 saturated heterocycles. The summed E-state index contributed by atoms with van der Waals surface area (Å²) in [5, 5.41) is 9.70. The Hall–Kier alpha value is -2.20. The Morgan fingerprint density at radius 2 is 1.63 bits per heavy atom. The standard InChI is InChI=1S/C14H10ClNO3/c15-13(14(17)11-4-2-1-3-5-11)10-6-8-12(9-7-10)16(18)19/h1-9,13H. The van der Waals surface area contributed by atoms with E-state index in [1.807, 2.05) is 6.07 Å². The number of halogens is 1. The second kappa shape index (κ2) is 5.63. The summed E-state index contributed by atoms with van der Waals surface area (Å²) in [6.07, 6.45) is 0. The van der Waals surface area contributed by atoms with Crippen molar-refractivity contribution in [2.75, 3.05) is 0 Å². The van der Waals surface area contributed by atoms with E-state index < -0.39 is 10.3 Å². The van der Waals surface area contributed by atoms with Gasteiger partial charge in [-0.3, -0.25) is 14.9 Å². The summed E-state index contributed by atoms with van der Waals surface area (Å²) in [4.78, 5) is 22.1. The van der Waals surface area contributed by atoms with Crippen LogP contribution in [0.5, 0.6) is 0 Å². The van der Waals surface area contributed by atoms with Gasteiger partial charge in [0.1, 0.15) is 5.38 Å². The molecule has 0 aliphatic heterocycles. The predicted molar refractivity (Wildman–Crippen MR) is 72.5 cm³/mol. The van der Waals surface area contributed by atoms with Gasteiger partial charge in [0.2, 0.25) is 0 Å². The van der Waals surface area contributed by atoms with Gasteiger partial charge in [-0.25, -0.2) is 0 Å². The number of alkyl halides is 1. The van der Waals surface area contributed by atoms with Gasteiger partial charge < -0.3 is 0 Å². The molecule has 0 N–H and O–H groups in total. The molecule has 0 aliphatic carbocycles. The highest BCUT2D eigenvalue weighted by Crippen LogP contribution is 2.26. The third-order valence-electron chi connectivity index (χ3n) is 2.69. The molecule has 19 heavy (non-hydrogen) atoms. The minimum atomic E-state index is -0.844. The molecule has 0 amide bonds. The Balaban J connectivity index is 2.22. The molecule has 1 unspecified atom stereocenters. The van der Waals surface area contributed by atoms with Gasteiger partial charge in [-0.15, -0.1) is 11.6 Å². The summed E-state index contributed by atoms with van der Waals surface area (Å²) in [6.45, 7) is 0. The summed E-state index contributed by atoms with van der Waals surface area (Å²) in [6, 6.07) is 14.4. The smallest absolute Gasteiger partial charge is 0.269 e. The van der Waals surface area contributed by atoms with Crippen molar-refractivity contribution in [1.82, 2.24) is 0 Å². The molecule has 2 aromatic carbocycles. The molecule has 0 spiro atoms. The maximum absolute atomic E-state index is 12.1. The van der Waals surface area contributed by atoms with Gasteiger partial charge in [0.15, 0.2) is 5.78 Å². The van der Waals surface area contributed by atoms with Crippen molar-refractivity contribution in [3.05, 3.63) is 75.8 Å². The number of Topliss-reactive ketones (excluding diaryl/α,β-unsaturated/α-hetero) is 1. The fraction of sp³-hybridized carbons (Fsp3) is 0.0714. The first-order chi connectivity index (χ1) is 9.09. The highest BCUT2D eigenvalue weighted by Gasteiger charge is 2.19. The summed E-state index contributed by atoms with van der Waals surface area (Å²) in [7, 11) is 0. The lowest BCUT2D eigenvalue weighted by atomic mass is 10.0. The summed E-state index contributed by atoms with van der Waals surface area (Å²) >= 11 is 6.10. The highest BCUT2D eigenvalue weighted by molar-refractivity contribution is 6.33. The quantitative estimate of drug-likeness (QED) is 0.369. The molecule has 2 rings (SSSR count). The molecule has 96 valence electrons. The number of hydrogen-bond donors (Lipinski definition) is 0. The molecule has 0 radical (unpaired) electrons. The Kier molecular flexibility index (Phi) is 3.92. The molecule has 0 saturated carbocycles. The molecular weight excluding hydrogens is 266 g/mol. The van der Waals surface area contributed by atoms with Crippen LogP contribution in [0.1, 0.15) is 21.3 Å². The molecule has 0 aliphatic rings. The monoisotopic (exact) mass is 275 g/mol. The number of nitrogens with zero attached hydrogens (tertiary/aromatic N) is 1. The zero-order valence-electron chi connectivity index (χ0n) is 9.82. The zero-order chi connectivity index (χ0) is 13.8. The number of rotatable bonds is 4. The summed E-state index contributed by atoms with van der Waals surface area (Å²) in [5.74, 6) is -0.226. The van der Waals surface area contributed by atoms with Gasteiger partial charge in [0.25, 0.3) is 5.69 Å². The number of nitro benzene ring substituents is 1. The topological polar surface area (TPSA) is 60.2 Å². The Morgan fingerprint density at radius 1 is 1.05 bits per heavy atom. The van der Waals surface area contributed by atoms with E-state index in [1.165, 1.54) is 24.3 Å². The van der Waals surface area contributed by atoms with E-state index in [-0.39, 0.29) is 11.5 Å². The number of carbonyl (C=O) groups excluding carboxylic acids is 1. The molecule has 5 heteroatoms. The molecule has 4 nitrogen and oxygen atoms in total. The average molecular weight is 276 g/mol. The van der Waals surface area contributed by atoms with Crippen LogP contribution < -0.4 is 0 Å². The van der Waals surface area contributed by atoms with Gasteiger partial charge in [-0.2, -0.15) is 0 Å². The lowest BCUT2D eigenvalue weighted by Crippen LogP contribution is -2.07. The number of hydrogen-bond acceptors (Lipinski definition) is 3. The van der Waals surface area contributed by atoms with E-state index in [4.69, 9.17) is 11.6 Å². The molecule has 0 heterocycles. The Labute approximate surface area is 114 Å². The fourth-order valence-corrected chi connectivity index (χ4v) is 1.94. The SMILES string of the molecule is O=C(c1ccccc1)C(Cl)c1ccc([N+](=O)[O-])cc1. The van der Waals surface area contributed by atoms with Crippen molar-refractivity contribution in [2.24, 2.45) is 0 Å². The van der Waals surface area contributed by atoms with Crippen LogP contribution >= 0.6 is 11.6 Å². The van der Waals surface area contributed by atoms with E-state index in [2.05, 4.69) is 0 Å². The molecule has 0 fully saturated rings. The zero-order valence-corrected chi connectivity index (χ0v) is 10.6. The molecule has 0 bridgehead atoms. The maximum Gasteiger partial charge on any atom is 0.269 e. The number of carbonyl (C=O) groups is 1. The van der Waals surface area contributed by atoms with E-state index >= 15 is 0 Å². The van der Waals surface area contributed by atoms with Gasteiger partial charge in [0.05, 0.1) is 4.92 Å². The van der Waals surface area contributed by atoms with Crippen LogP contribution in [-0.2, 0) is 0 Å². The normalized spacial score (nSPS) is 11.8. The molecular formula is C14H10ClNO3. The van der Waals surface area contributed by atoms with Gasteiger partial charge >= 0.3 is 0 Å². The average Bonchev–Trinajstić information content (AvgIpc) is 2.46. The second-order valence-electron chi connectivity index (χ2n) is 3.94. The first-order valence-corrected chi connectivity index (χ1v) is 6.01. The number of benzene rings is 2. The van der Waals surface area contributed by atoms with Crippen molar-refractivity contribution in [1.29, 1.82) is 0 Å². The van der Waals surface area contributed by atoms with Crippen LogP contribution in [0.3, 0.4) is 0 Å². The lowest BCUT2D eigenvalue weighted by Gasteiger charge is -2.08.